The number of rotatable bonds is 5. The van der Waals surface area contributed by atoms with Gasteiger partial charge in [-0.25, -0.2) is 0 Å². The van der Waals surface area contributed by atoms with Crippen LogP contribution in [0.3, 0.4) is 0 Å². The van der Waals surface area contributed by atoms with Gasteiger partial charge in [-0.3, -0.25) is 9.48 Å². The van der Waals surface area contributed by atoms with E-state index in [2.05, 4.69) is 10.4 Å². The van der Waals surface area contributed by atoms with Crippen LogP contribution in [0.5, 0.6) is 0 Å². The molecule has 1 saturated heterocycles. The van der Waals surface area contributed by atoms with Crippen molar-refractivity contribution in [3.05, 3.63) is 12.4 Å². The van der Waals surface area contributed by atoms with Gasteiger partial charge in [0.15, 0.2) is 0 Å². The average Bonchev–Trinajstić information content (AvgIpc) is 2.84. The molecule has 0 unspecified atom stereocenters. The Balaban J connectivity index is 1.86. The molecule has 1 N–H and O–H groups in total. The second-order valence-corrected chi connectivity index (χ2v) is 4.88. The van der Waals surface area contributed by atoms with E-state index >= 15 is 0 Å². The van der Waals surface area contributed by atoms with E-state index in [9.17, 15) is 4.79 Å². The monoisotopic (exact) mass is 267 g/mol. The van der Waals surface area contributed by atoms with Gasteiger partial charge in [-0.05, 0) is 19.8 Å². The topological polar surface area (TPSA) is 65.4 Å². The van der Waals surface area contributed by atoms with E-state index in [1.807, 2.05) is 13.1 Å². The fourth-order valence-corrected chi connectivity index (χ4v) is 2.22. The third-order valence-electron chi connectivity index (χ3n) is 3.28. The SMILES string of the molecule is COCCn1cc(NC(=O)[C@@H]2CCO[C@H](C)C2)cn1. The van der Waals surface area contributed by atoms with Gasteiger partial charge in [0.05, 0.1) is 31.1 Å². The van der Waals surface area contributed by atoms with Crippen LogP contribution in [-0.4, -0.2) is 42.1 Å². The third-order valence-corrected chi connectivity index (χ3v) is 3.28. The highest BCUT2D eigenvalue weighted by Crippen LogP contribution is 2.21. The molecular weight excluding hydrogens is 246 g/mol. The smallest absolute Gasteiger partial charge is 0.227 e. The molecule has 6 nitrogen and oxygen atoms in total. The van der Waals surface area contributed by atoms with Crippen molar-refractivity contribution < 1.29 is 14.3 Å². The lowest BCUT2D eigenvalue weighted by Crippen LogP contribution is -2.32. The number of carbonyl (C=O) groups excluding carboxylic acids is 1. The molecule has 106 valence electrons. The average molecular weight is 267 g/mol. The zero-order chi connectivity index (χ0) is 13.7. The number of anilines is 1. The summed E-state index contributed by atoms with van der Waals surface area (Å²) in [6, 6.07) is 0. The summed E-state index contributed by atoms with van der Waals surface area (Å²) in [6.45, 7) is 3.95. The number of hydrogen-bond acceptors (Lipinski definition) is 4. The standard InChI is InChI=1S/C13H21N3O3/c1-10-7-11(3-5-19-10)13(17)15-12-8-14-16(9-12)4-6-18-2/h8-11H,3-7H2,1-2H3,(H,15,17)/t10-,11-/m1/s1. The summed E-state index contributed by atoms with van der Waals surface area (Å²) >= 11 is 0. The summed E-state index contributed by atoms with van der Waals surface area (Å²) in [6.07, 6.45) is 5.21. The number of nitrogens with zero attached hydrogens (tertiary/aromatic N) is 2. The molecule has 6 heteroatoms. The number of aromatic nitrogens is 2. The van der Waals surface area contributed by atoms with Crippen LogP contribution in [0.15, 0.2) is 12.4 Å². The van der Waals surface area contributed by atoms with Crippen LogP contribution in [0.25, 0.3) is 0 Å². The van der Waals surface area contributed by atoms with Crippen LogP contribution in [0.1, 0.15) is 19.8 Å². The predicted molar refractivity (Wildman–Crippen MR) is 70.9 cm³/mol. The number of ether oxygens (including phenoxy) is 2. The van der Waals surface area contributed by atoms with Gasteiger partial charge in [-0.1, -0.05) is 0 Å². The maximum Gasteiger partial charge on any atom is 0.227 e. The van der Waals surface area contributed by atoms with Crippen LogP contribution >= 0.6 is 0 Å². The summed E-state index contributed by atoms with van der Waals surface area (Å²) in [4.78, 5) is 12.1. The van der Waals surface area contributed by atoms with Gasteiger partial charge in [0.2, 0.25) is 5.91 Å². The Morgan fingerprint density at radius 3 is 3.26 bits per heavy atom. The molecule has 0 spiro atoms. The van der Waals surface area contributed by atoms with Gasteiger partial charge in [-0.2, -0.15) is 5.10 Å². The van der Waals surface area contributed by atoms with Crippen LogP contribution in [-0.2, 0) is 20.8 Å². The minimum absolute atomic E-state index is 0.0334. The summed E-state index contributed by atoms with van der Waals surface area (Å²) < 4.78 is 12.2. The summed E-state index contributed by atoms with van der Waals surface area (Å²) in [5, 5.41) is 7.07. The van der Waals surface area contributed by atoms with Gasteiger partial charge in [0, 0.05) is 25.8 Å². The first-order valence-corrected chi connectivity index (χ1v) is 6.63. The van der Waals surface area contributed by atoms with Crippen LogP contribution in [0.2, 0.25) is 0 Å². The molecule has 1 aromatic heterocycles. The molecule has 2 heterocycles. The maximum atomic E-state index is 12.1. The molecule has 1 aliphatic heterocycles. The minimum Gasteiger partial charge on any atom is -0.383 e. The molecule has 1 aliphatic rings. The fraction of sp³-hybridized carbons (Fsp3) is 0.692. The molecule has 2 atom stereocenters. The first kappa shape index (κ1) is 14.0. The van der Waals surface area contributed by atoms with E-state index in [0.29, 0.717) is 19.8 Å². The fourth-order valence-electron chi connectivity index (χ4n) is 2.22. The Labute approximate surface area is 113 Å². The third kappa shape index (κ3) is 4.04. The first-order valence-electron chi connectivity index (χ1n) is 6.63. The van der Waals surface area contributed by atoms with Gasteiger partial charge in [0.1, 0.15) is 0 Å². The first-order chi connectivity index (χ1) is 9.19. The van der Waals surface area contributed by atoms with Gasteiger partial charge in [-0.15, -0.1) is 0 Å². The quantitative estimate of drug-likeness (QED) is 0.873. The lowest BCUT2D eigenvalue weighted by molar-refractivity contribution is -0.124. The number of nitrogens with one attached hydrogen (secondary N) is 1. The van der Waals surface area contributed by atoms with Crippen molar-refractivity contribution in [3.63, 3.8) is 0 Å². The Morgan fingerprint density at radius 2 is 2.53 bits per heavy atom. The molecule has 1 aromatic rings. The van der Waals surface area contributed by atoms with Crippen molar-refractivity contribution >= 4 is 11.6 Å². The van der Waals surface area contributed by atoms with Crippen molar-refractivity contribution in [3.8, 4) is 0 Å². The summed E-state index contributed by atoms with van der Waals surface area (Å²) in [5.41, 5.74) is 0.736. The van der Waals surface area contributed by atoms with E-state index in [0.717, 1.165) is 18.5 Å². The lowest BCUT2D eigenvalue weighted by Gasteiger charge is -2.26. The van der Waals surface area contributed by atoms with Crippen molar-refractivity contribution in [2.24, 2.45) is 5.92 Å². The summed E-state index contributed by atoms with van der Waals surface area (Å²) in [7, 11) is 1.65. The van der Waals surface area contributed by atoms with E-state index in [1.165, 1.54) is 0 Å². The second kappa shape index (κ2) is 6.68. The molecule has 0 aromatic carbocycles. The van der Waals surface area contributed by atoms with Crippen LogP contribution < -0.4 is 5.32 Å². The molecule has 1 fully saturated rings. The molecule has 0 saturated carbocycles. The Morgan fingerprint density at radius 1 is 1.68 bits per heavy atom. The van der Waals surface area contributed by atoms with Crippen molar-refractivity contribution in [2.45, 2.75) is 32.4 Å². The number of amides is 1. The highest BCUT2D eigenvalue weighted by molar-refractivity contribution is 5.92. The number of methoxy groups -OCH3 is 1. The Hall–Kier alpha value is -1.40. The largest absolute Gasteiger partial charge is 0.383 e. The van der Waals surface area contributed by atoms with Crippen molar-refractivity contribution in [1.29, 1.82) is 0 Å². The normalized spacial score (nSPS) is 23.3. The highest BCUT2D eigenvalue weighted by Gasteiger charge is 2.25. The zero-order valence-electron chi connectivity index (χ0n) is 11.5. The Kier molecular flexibility index (Phi) is 4.93. The number of hydrogen-bond donors (Lipinski definition) is 1. The van der Waals surface area contributed by atoms with E-state index in [4.69, 9.17) is 9.47 Å². The van der Waals surface area contributed by atoms with Crippen molar-refractivity contribution in [1.82, 2.24) is 9.78 Å². The highest BCUT2D eigenvalue weighted by atomic mass is 16.5. The minimum atomic E-state index is 0.0334. The molecule has 1 amide bonds. The molecular formula is C13H21N3O3. The van der Waals surface area contributed by atoms with E-state index in [-0.39, 0.29) is 17.9 Å². The maximum absolute atomic E-state index is 12.1. The number of carbonyl (C=O) groups is 1. The molecule has 2 rings (SSSR count). The van der Waals surface area contributed by atoms with Gasteiger partial charge < -0.3 is 14.8 Å². The van der Waals surface area contributed by atoms with Crippen LogP contribution in [0, 0.1) is 5.92 Å². The van der Waals surface area contributed by atoms with E-state index < -0.39 is 0 Å². The van der Waals surface area contributed by atoms with Crippen molar-refractivity contribution in [2.75, 3.05) is 25.6 Å². The molecule has 0 radical (unpaired) electrons. The second-order valence-electron chi connectivity index (χ2n) is 4.88. The van der Waals surface area contributed by atoms with Gasteiger partial charge in [0.25, 0.3) is 0 Å². The molecule has 19 heavy (non-hydrogen) atoms. The van der Waals surface area contributed by atoms with E-state index in [1.54, 1.807) is 18.0 Å². The van der Waals surface area contributed by atoms with Gasteiger partial charge >= 0.3 is 0 Å². The molecule has 0 aliphatic carbocycles. The zero-order valence-corrected chi connectivity index (χ0v) is 11.5. The molecule has 0 bridgehead atoms. The van der Waals surface area contributed by atoms with Crippen LogP contribution in [0.4, 0.5) is 5.69 Å². The predicted octanol–water partition coefficient (Wildman–Crippen LogP) is 1.28. The lowest BCUT2D eigenvalue weighted by atomic mass is 9.95. The Bertz CT molecular complexity index is 419. The summed E-state index contributed by atoms with van der Waals surface area (Å²) in [5.74, 6) is 0.0903.